The van der Waals surface area contributed by atoms with Gasteiger partial charge < -0.3 is 15.2 Å². The summed E-state index contributed by atoms with van der Waals surface area (Å²) in [5.41, 5.74) is 1.93. The number of aromatic nitrogens is 1. The Morgan fingerprint density at radius 3 is 2.75 bits per heavy atom. The van der Waals surface area contributed by atoms with Crippen molar-refractivity contribution in [3.8, 4) is 5.75 Å². The molecule has 1 heterocycles. The number of benzene rings is 1. The van der Waals surface area contributed by atoms with E-state index in [-0.39, 0.29) is 12.3 Å². The monoisotopic (exact) mass is 274 g/mol. The third-order valence-corrected chi connectivity index (χ3v) is 2.85. The van der Waals surface area contributed by atoms with Crippen molar-refractivity contribution < 1.29 is 19.4 Å². The fraction of sp³-hybridized carbons (Fsp3) is 0.214. The molecule has 1 amide bonds. The Bertz CT molecular complexity index is 682. The number of rotatable bonds is 4. The number of pyridine rings is 1. The molecule has 2 aromatic rings. The van der Waals surface area contributed by atoms with Crippen LogP contribution < -0.4 is 10.1 Å². The summed E-state index contributed by atoms with van der Waals surface area (Å²) in [5.74, 6) is 0.0273. The van der Waals surface area contributed by atoms with Crippen molar-refractivity contribution >= 4 is 22.8 Å². The van der Waals surface area contributed by atoms with E-state index in [4.69, 9.17) is 9.84 Å². The molecule has 0 saturated heterocycles. The number of aryl methyl sites for hydroxylation is 1. The van der Waals surface area contributed by atoms with E-state index in [0.29, 0.717) is 11.3 Å². The van der Waals surface area contributed by atoms with Crippen LogP contribution in [0.15, 0.2) is 24.3 Å². The zero-order valence-electron chi connectivity index (χ0n) is 11.1. The van der Waals surface area contributed by atoms with Crippen LogP contribution in [-0.2, 0) is 0 Å². The molecule has 0 aliphatic rings. The van der Waals surface area contributed by atoms with Crippen molar-refractivity contribution in [1.29, 1.82) is 0 Å². The zero-order valence-corrected chi connectivity index (χ0v) is 11.1. The predicted molar refractivity (Wildman–Crippen MR) is 73.4 cm³/mol. The molecule has 0 radical (unpaired) electrons. The first-order chi connectivity index (χ1) is 9.51. The van der Waals surface area contributed by atoms with Crippen LogP contribution in [0.1, 0.15) is 16.1 Å². The van der Waals surface area contributed by atoms with E-state index in [1.807, 2.05) is 24.4 Å². The molecule has 0 bridgehead atoms. The van der Waals surface area contributed by atoms with Gasteiger partial charge in [0.05, 0.1) is 24.7 Å². The maximum Gasteiger partial charge on any atom is 0.405 e. The van der Waals surface area contributed by atoms with Gasteiger partial charge in [0, 0.05) is 17.1 Å². The summed E-state index contributed by atoms with van der Waals surface area (Å²) in [6, 6.07) is 7.04. The summed E-state index contributed by atoms with van der Waals surface area (Å²) in [6.07, 6.45) is -1.24. The first-order valence-electron chi connectivity index (χ1n) is 5.96. The summed E-state index contributed by atoms with van der Waals surface area (Å²) in [7, 11) is 1.46. The normalized spacial score (nSPS) is 10.3. The van der Waals surface area contributed by atoms with Crippen LogP contribution in [0.4, 0.5) is 4.79 Å². The number of amides is 1. The van der Waals surface area contributed by atoms with Crippen LogP contribution in [0.25, 0.3) is 10.9 Å². The van der Waals surface area contributed by atoms with Gasteiger partial charge >= 0.3 is 6.09 Å². The summed E-state index contributed by atoms with van der Waals surface area (Å²) in [5, 5.41) is 11.4. The van der Waals surface area contributed by atoms with Crippen LogP contribution in [0, 0.1) is 6.92 Å². The summed E-state index contributed by atoms with van der Waals surface area (Å²) >= 11 is 0. The number of hydrogen-bond acceptors (Lipinski definition) is 4. The Morgan fingerprint density at radius 1 is 1.35 bits per heavy atom. The molecule has 0 fully saturated rings. The van der Waals surface area contributed by atoms with Crippen LogP contribution in [0.2, 0.25) is 0 Å². The van der Waals surface area contributed by atoms with Crippen molar-refractivity contribution in [3.63, 3.8) is 0 Å². The highest BCUT2D eigenvalue weighted by atomic mass is 16.5. The highest BCUT2D eigenvalue weighted by molar-refractivity contribution is 6.04. The van der Waals surface area contributed by atoms with Crippen LogP contribution >= 0.6 is 0 Å². The lowest BCUT2D eigenvalue weighted by Gasteiger charge is -2.09. The second kappa shape index (κ2) is 5.56. The second-order valence-electron chi connectivity index (χ2n) is 4.28. The number of nitrogens with zero attached hydrogens (tertiary/aromatic N) is 1. The Kier molecular flexibility index (Phi) is 3.84. The minimum Gasteiger partial charge on any atom is -0.496 e. The lowest BCUT2D eigenvalue weighted by molar-refractivity contribution is 0.0984. The summed E-state index contributed by atoms with van der Waals surface area (Å²) in [4.78, 5) is 26.8. The molecular formula is C14H14N2O4. The third kappa shape index (κ3) is 2.85. The van der Waals surface area contributed by atoms with Gasteiger partial charge in [-0.25, -0.2) is 4.79 Å². The number of hydrogen-bond donors (Lipinski definition) is 2. The number of fused-ring (bicyclic) bond motifs is 1. The smallest absolute Gasteiger partial charge is 0.405 e. The lowest BCUT2D eigenvalue weighted by Crippen LogP contribution is -2.28. The van der Waals surface area contributed by atoms with Crippen molar-refractivity contribution in [2.45, 2.75) is 6.92 Å². The summed E-state index contributed by atoms with van der Waals surface area (Å²) in [6.45, 7) is 1.58. The predicted octanol–water partition coefficient (Wildman–Crippen LogP) is 2.00. The number of carbonyl (C=O) groups is 2. The Hall–Kier alpha value is -2.63. The fourth-order valence-corrected chi connectivity index (χ4v) is 1.89. The fourth-order valence-electron chi connectivity index (χ4n) is 1.89. The van der Waals surface area contributed by atoms with Gasteiger partial charge in [0.25, 0.3) is 0 Å². The number of carboxylic acid groups (broad SMARTS) is 1. The largest absolute Gasteiger partial charge is 0.496 e. The van der Waals surface area contributed by atoms with Crippen molar-refractivity contribution in [3.05, 3.63) is 35.5 Å². The number of ether oxygens (including phenoxy) is 1. The molecule has 6 heteroatoms. The van der Waals surface area contributed by atoms with E-state index in [2.05, 4.69) is 4.98 Å². The topological polar surface area (TPSA) is 88.5 Å². The molecule has 0 unspecified atom stereocenters. The van der Waals surface area contributed by atoms with Gasteiger partial charge in [0.15, 0.2) is 5.78 Å². The van der Waals surface area contributed by atoms with Crippen LogP contribution in [0.3, 0.4) is 0 Å². The van der Waals surface area contributed by atoms with E-state index in [1.165, 1.54) is 7.11 Å². The number of nitrogens with one attached hydrogen (secondary N) is 1. The minimum atomic E-state index is -1.24. The Morgan fingerprint density at radius 2 is 2.10 bits per heavy atom. The van der Waals surface area contributed by atoms with E-state index in [9.17, 15) is 9.59 Å². The van der Waals surface area contributed by atoms with E-state index >= 15 is 0 Å². The maximum atomic E-state index is 12.0. The standard InChI is InChI=1S/C14H14N2O4/c1-8-3-4-9-5-10(12(17)7-15-14(18)19)13(20-2)6-11(9)16-8/h3-6,15H,7H2,1-2H3,(H,18,19). The Balaban J connectivity index is 2.43. The van der Waals surface area contributed by atoms with Crippen LogP contribution in [-0.4, -0.2) is 35.6 Å². The Labute approximate surface area is 115 Å². The molecule has 1 aromatic heterocycles. The van der Waals surface area contributed by atoms with E-state index in [0.717, 1.165) is 16.6 Å². The average molecular weight is 274 g/mol. The molecule has 6 nitrogen and oxygen atoms in total. The van der Waals surface area contributed by atoms with E-state index < -0.39 is 6.09 Å². The molecular weight excluding hydrogens is 260 g/mol. The number of carbonyl (C=O) groups excluding carboxylic acids is 1. The van der Waals surface area contributed by atoms with Gasteiger partial charge in [0.2, 0.25) is 0 Å². The first kappa shape index (κ1) is 13.8. The van der Waals surface area contributed by atoms with Crippen molar-refractivity contribution in [2.75, 3.05) is 13.7 Å². The molecule has 1 aromatic carbocycles. The van der Waals surface area contributed by atoms with Crippen molar-refractivity contribution in [2.24, 2.45) is 0 Å². The highest BCUT2D eigenvalue weighted by Crippen LogP contribution is 2.25. The zero-order chi connectivity index (χ0) is 14.7. The SMILES string of the molecule is COc1cc2nc(C)ccc2cc1C(=O)CNC(=O)O. The van der Waals surface area contributed by atoms with Gasteiger partial charge in [-0.2, -0.15) is 0 Å². The summed E-state index contributed by atoms with van der Waals surface area (Å²) < 4.78 is 5.19. The molecule has 0 aliphatic heterocycles. The molecule has 104 valence electrons. The number of Topliss-reactive ketones (excluding diaryl/α,β-unsaturated/α-hetero) is 1. The van der Waals surface area contributed by atoms with Crippen LogP contribution in [0.5, 0.6) is 5.75 Å². The molecule has 0 spiro atoms. The van der Waals surface area contributed by atoms with Gasteiger partial charge in [-0.15, -0.1) is 0 Å². The van der Waals surface area contributed by atoms with E-state index in [1.54, 1.807) is 12.1 Å². The molecule has 2 rings (SSSR count). The molecule has 2 N–H and O–H groups in total. The van der Waals surface area contributed by atoms with Gasteiger partial charge in [-0.3, -0.25) is 9.78 Å². The molecule has 20 heavy (non-hydrogen) atoms. The number of methoxy groups -OCH3 is 1. The quantitative estimate of drug-likeness (QED) is 0.832. The van der Waals surface area contributed by atoms with Gasteiger partial charge in [-0.1, -0.05) is 6.07 Å². The molecule has 0 aliphatic carbocycles. The first-order valence-corrected chi connectivity index (χ1v) is 5.96. The van der Waals surface area contributed by atoms with Gasteiger partial charge in [0.1, 0.15) is 5.75 Å². The second-order valence-corrected chi connectivity index (χ2v) is 4.28. The highest BCUT2D eigenvalue weighted by Gasteiger charge is 2.15. The number of ketones is 1. The molecule has 0 saturated carbocycles. The van der Waals surface area contributed by atoms with Crippen molar-refractivity contribution in [1.82, 2.24) is 10.3 Å². The molecule has 0 atom stereocenters. The third-order valence-electron chi connectivity index (χ3n) is 2.85. The lowest BCUT2D eigenvalue weighted by atomic mass is 10.1. The maximum absolute atomic E-state index is 12.0. The minimum absolute atomic E-state index is 0.295. The van der Waals surface area contributed by atoms with Gasteiger partial charge in [-0.05, 0) is 19.1 Å². The average Bonchev–Trinajstić information content (AvgIpc) is 2.43.